The van der Waals surface area contributed by atoms with Gasteiger partial charge in [0.25, 0.3) is 0 Å². The largest absolute Gasteiger partial charge is 0.462 e. The Morgan fingerprint density at radius 2 is 2.04 bits per heavy atom. The summed E-state index contributed by atoms with van der Waals surface area (Å²) < 4.78 is 5.39. The molecule has 1 atom stereocenters. The van der Waals surface area contributed by atoms with Crippen molar-refractivity contribution in [1.29, 1.82) is 0 Å². The molecule has 0 aliphatic heterocycles. The lowest BCUT2D eigenvalue weighted by Crippen LogP contribution is -2.28. The number of aryl methyl sites for hydroxylation is 1. The van der Waals surface area contributed by atoms with Crippen molar-refractivity contribution in [3.8, 4) is 10.8 Å². The van der Waals surface area contributed by atoms with Crippen LogP contribution in [0.15, 0.2) is 53.1 Å². The number of furan rings is 1. The first-order chi connectivity index (χ1) is 11.7. The molecule has 5 heteroatoms. The molecular weight excluding hydrogens is 320 g/mol. The molecule has 2 aromatic heterocycles. The first kappa shape index (κ1) is 16.5. The van der Waals surface area contributed by atoms with Gasteiger partial charge in [-0.25, -0.2) is 4.98 Å². The van der Waals surface area contributed by atoms with Gasteiger partial charge in [-0.3, -0.25) is 4.79 Å². The van der Waals surface area contributed by atoms with Crippen LogP contribution in [0, 0.1) is 6.92 Å². The Kier molecular flexibility index (Phi) is 5.11. The second-order valence-electron chi connectivity index (χ2n) is 5.59. The topological polar surface area (TPSA) is 55.1 Å². The molecule has 4 nitrogen and oxygen atoms in total. The summed E-state index contributed by atoms with van der Waals surface area (Å²) in [5.41, 5.74) is 1.98. The first-order valence-corrected chi connectivity index (χ1v) is 8.83. The minimum atomic E-state index is -0.121. The van der Waals surface area contributed by atoms with Crippen LogP contribution >= 0.6 is 11.3 Å². The molecule has 0 aliphatic rings. The summed E-state index contributed by atoms with van der Waals surface area (Å²) in [7, 11) is 0. The number of carbonyl (C=O) groups is 1. The molecule has 24 heavy (non-hydrogen) atoms. The molecule has 1 aromatic carbocycles. The summed E-state index contributed by atoms with van der Waals surface area (Å²) in [6.07, 6.45) is 2.41. The molecule has 0 saturated carbocycles. The van der Waals surface area contributed by atoms with E-state index in [0.29, 0.717) is 6.54 Å². The third kappa shape index (κ3) is 3.57. The molecule has 0 fully saturated rings. The molecule has 0 aliphatic carbocycles. The van der Waals surface area contributed by atoms with Gasteiger partial charge in [0.05, 0.1) is 24.4 Å². The van der Waals surface area contributed by atoms with Gasteiger partial charge in [-0.15, -0.1) is 11.3 Å². The second-order valence-corrected chi connectivity index (χ2v) is 6.68. The molecule has 3 rings (SSSR count). The number of rotatable bonds is 6. The van der Waals surface area contributed by atoms with Crippen molar-refractivity contribution in [2.24, 2.45) is 0 Å². The third-order valence-corrected chi connectivity index (χ3v) is 5.15. The fraction of sp³-hybridized carbons (Fsp3) is 0.263. The van der Waals surface area contributed by atoms with E-state index in [1.165, 1.54) is 0 Å². The van der Waals surface area contributed by atoms with Crippen LogP contribution in [-0.2, 0) is 11.3 Å². The van der Waals surface area contributed by atoms with Gasteiger partial charge in [0.15, 0.2) is 10.8 Å². The van der Waals surface area contributed by atoms with Crippen LogP contribution in [0.5, 0.6) is 0 Å². The van der Waals surface area contributed by atoms with Crippen LogP contribution in [-0.4, -0.2) is 10.9 Å². The van der Waals surface area contributed by atoms with Gasteiger partial charge < -0.3 is 9.73 Å². The average Bonchev–Trinajstić information content (AvgIpc) is 3.24. The molecule has 124 valence electrons. The average molecular weight is 340 g/mol. The lowest BCUT2D eigenvalue weighted by atomic mass is 9.96. The zero-order valence-corrected chi connectivity index (χ0v) is 14.6. The van der Waals surface area contributed by atoms with Gasteiger partial charge in [-0.05, 0) is 31.0 Å². The third-order valence-electron chi connectivity index (χ3n) is 3.97. The number of carbonyl (C=O) groups excluding carboxylic acids is 1. The van der Waals surface area contributed by atoms with E-state index < -0.39 is 0 Å². The van der Waals surface area contributed by atoms with Gasteiger partial charge >= 0.3 is 0 Å². The van der Waals surface area contributed by atoms with Gasteiger partial charge in [0.1, 0.15) is 0 Å². The zero-order chi connectivity index (χ0) is 16.9. The Bertz CT molecular complexity index is 794. The highest BCUT2D eigenvalue weighted by Crippen LogP contribution is 2.28. The summed E-state index contributed by atoms with van der Waals surface area (Å²) in [4.78, 5) is 18.1. The van der Waals surface area contributed by atoms with Crippen molar-refractivity contribution in [3.63, 3.8) is 0 Å². The number of amides is 1. The number of aromatic nitrogens is 1. The molecule has 0 radical (unpaired) electrons. The molecular formula is C19H20N2O2S. The van der Waals surface area contributed by atoms with E-state index >= 15 is 0 Å². The Morgan fingerprint density at radius 1 is 1.25 bits per heavy atom. The highest BCUT2D eigenvalue weighted by atomic mass is 32.1. The fourth-order valence-corrected chi connectivity index (χ4v) is 3.62. The lowest BCUT2D eigenvalue weighted by molar-refractivity contribution is -0.122. The van der Waals surface area contributed by atoms with Crippen LogP contribution < -0.4 is 5.32 Å². The lowest BCUT2D eigenvalue weighted by Gasteiger charge is -2.15. The van der Waals surface area contributed by atoms with E-state index in [-0.39, 0.29) is 11.8 Å². The summed E-state index contributed by atoms with van der Waals surface area (Å²) in [5.74, 6) is 0.691. The molecule has 0 saturated heterocycles. The number of nitrogens with zero attached hydrogens (tertiary/aromatic N) is 1. The van der Waals surface area contributed by atoms with E-state index in [0.717, 1.165) is 33.3 Å². The van der Waals surface area contributed by atoms with Crippen LogP contribution in [0.2, 0.25) is 0 Å². The summed E-state index contributed by atoms with van der Waals surface area (Å²) in [6, 6.07) is 13.6. The number of hydrogen-bond donors (Lipinski definition) is 1. The smallest absolute Gasteiger partial charge is 0.227 e. The van der Waals surface area contributed by atoms with Crippen molar-refractivity contribution < 1.29 is 9.21 Å². The van der Waals surface area contributed by atoms with E-state index in [1.807, 2.05) is 56.3 Å². The van der Waals surface area contributed by atoms with E-state index in [4.69, 9.17) is 4.42 Å². The molecule has 2 heterocycles. The molecule has 3 aromatic rings. The molecule has 1 N–H and O–H groups in total. The van der Waals surface area contributed by atoms with Crippen molar-refractivity contribution in [2.75, 3.05) is 0 Å². The summed E-state index contributed by atoms with van der Waals surface area (Å²) >= 11 is 1.55. The van der Waals surface area contributed by atoms with Crippen molar-refractivity contribution in [3.05, 3.63) is 64.9 Å². The van der Waals surface area contributed by atoms with Gasteiger partial charge in [-0.2, -0.15) is 0 Å². The SMILES string of the molecule is CCC(C(=O)NCc1sc(-c2ccco2)nc1C)c1ccccc1. The van der Waals surface area contributed by atoms with E-state index in [9.17, 15) is 4.79 Å². The highest BCUT2D eigenvalue weighted by molar-refractivity contribution is 7.15. The predicted octanol–water partition coefficient (Wildman–Crippen LogP) is 4.52. The zero-order valence-electron chi connectivity index (χ0n) is 13.8. The van der Waals surface area contributed by atoms with Gasteiger partial charge in [0, 0.05) is 4.88 Å². The normalized spacial score (nSPS) is 12.1. The van der Waals surface area contributed by atoms with Crippen LogP contribution in [0.3, 0.4) is 0 Å². The minimum absolute atomic E-state index is 0.0519. The first-order valence-electron chi connectivity index (χ1n) is 8.02. The molecule has 1 unspecified atom stereocenters. The van der Waals surface area contributed by atoms with Crippen molar-refractivity contribution >= 4 is 17.2 Å². The summed E-state index contributed by atoms with van der Waals surface area (Å²) in [5, 5.41) is 3.89. The Hall–Kier alpha value is -2.40. The highest BCUT2D eigenvalue weighted by Gasteiger charge is 2.19. The predicted molar refractivity (Wildman–Crippen MR) is 95.9 cm³/mol. The number of hydrogen-bond acceptors (Lipinski definition) is 4. The molecule has 1 amide bonds. The van der Waals surface area contributed by atoms with Crippen LogP contribution in [0.4, 0.5) is 0 Å². The standard InChI is InChI=1S/C19H20N2O2S/c1-3-15(14-8-5-4-6-9-14)18(22)20-12-17-13(2)21-19(24-17)16-10-7-11-23-16/h4-11,15H,3,12H2,1-2H3,(H,20,22). The maximum absolute atomic E-state index is 12.5. The summed E-state index contributed by atoms with van der Waals surface area (Å²) in [6.45, 7) is 4.48. The van der Waals surface area contributed by atoms with Crippen LogP contribution in [0.1, 0.15) is 35.4 Å². The maximum atomic E-state index is 12.5. The molecule has 0 bridgehead atoms. The van der Waals surface area contributed by atoms with E-state index in [1.54, 1.807) is 17.6 Å². The van der Waals surface area contributed by atoms with Gasteiger partial charge in [0.2, 0.25) is 5.91 Å². The monoisotopic (exact) mass is 340 g/mol. The Labute approximate surface area is 145 Å². The van der Waals surface area contributed by atoms with Crippen molar-refractivity contribution in [1.82, 2.24) is 10.3 Å². The van der Waals surface area contributed by atoms with Crippen LogP contribution in [0.25, 0.3) is 10.8 Å². The maximum Gasteiger partial charge on any atom is 0.227 e. The number of benzene rings is 1. The Balaban J connectivity index is 1.68. The molecule has 0 spiro atoms. The fourth-order valence-electron chi connectivity index (χ4n) is 2.65. The quantitative estimate of drug-likeness (QED) is 0.718. The second kappa shape index (κ2) is 7.45. The minimum Gasteiger partial charge on any atom is -0.462 e. The number of nitrogens with one attached hydrogen (secondary N) is 1. The number of thiazole rings is 1. The van der Waals surface area contributed by atoms with Crippen molar-refractivity contribution in [2.45, 2.75) is 32.7 Å². The van der Waals surface area contributed by atoms with Gasteiger partial charge in [-0.1, -0.05) is 37.3 Å². The Morgan fingerprint density at radius 3 is 2.71 bits per heavy atom. The van der Waals surface area contributed by atoms with E-state index in [2.05, 4.69) is 10.3 Å².